The smallest absolute Gasteiger partial charge is 0.399 e. The highest BCUT2D eigenvalue weighted by atomic mass is 19.4. The number of ether oxygens (including phenoxy) is 1. The van der Waals surface area contributed by atoms with Crippen LogP contribution in [0.15, 0.2) is 18.2 Å². The normalized spacial score (nSPS) is 11.8. The quantitative estimate of drug-likeness (QED) is 0.673. The average molecular weight is 301 g/mol. The second kappa shape index (κ2) is 6.08. The van der Waals surface area contributed by atoms with Crippen molar-refractivity contribution in [3.8, 4) is 11.4 Å². The summed E-state index contributed by atoms with van der Waals surface area (Å²) in [5.41, 5.74) is 7.93. The van der Waals surface area contributed by atoms with E-state index in [1.54, 1.807) is 12.1 Å². The van der Waals surface area contributed by atoms with Crippen molar-refractivity contribution in [3.63, 3.8) is 0 Å². The van der Waals surface area contributed by atoms with Crippen molar-refractivity contribution in [1.29, 1.82) is 0 Å². The van der Waals surface area contributed by atoms with Crippen LogP contribution < -0.4 is 5.73 Å². The lowest BCUT2D eigenvalue weighted by atomic mass is 10.1. The maximum atomic E-state index is 12.0. The molecule has 2 aromatic rings. The van der Waals surface area contributed by atoms with Gasteiger partial charge >= 0.3 is 6.18 Å². The van der Waals surface area contributed by atoms with Crippen LogP contribution in [0.5, 0.6) is 0 Å². The number of rotatable bonds is 5. The van der Waals surface area contributed by atoms with Gasteiger partial charge in [0, 0.05) is 11.3 Å². The van der Waals surface area contributed by atoms with Gasteiger partial charge in [-0.3, -0.25) is 0 Å². The molecule has 0 bridgehead atoms. The summed E-state index contributed by atoms with van der Waals surface area (Å²) >= 11 is 0. The molecule has 0 aliphatic heterocycles. The summed E-state index contributed by atoms with van der Waals surface area (Å²) < 4.78 is 41.9. The van der Waals surface area contributed by atoms with Gasteiger partial charge in [0.05, 0.1) is 13.2 Å². The summed E-state index contributed by atoms with van der Waals surface area (Å²) in [5, 5.41) is 11.2. The van der Waals surface area contributed by atoms with Crippen LogP contribution in [0.1, 0.15) is 5.56 Å². The van der Waals surface area contributed by atoms with Gasteiger partial charge in [-0.25, -0.2) is 4.68 Å². The fourth-order valence-corrected chi connectivity index (χ4v) is 1.77. The van der Waals surface area contributed by atoms with E-state index >= 15 is 0 Å². The minimum Gasteiger partial charge on any atom is -0.399 e. The molecule has 6 nitrogen and oxygen atoms in total. The minimum absolute atomic E-state index is 0.118. The van der Waals surface area contributed by atoms with Gasteiger partial charge in [-0.1, -0.05) is 6.07 Å². The van der Waals surface area contributed by atoms with Crippen molar-refractivity contribution >= 4 is 5.69 Å². The predicted octanol–water partition coefficient (Wildman–Crippen LogP) is 1.81. The molecule has 0 saturated carbocycles. The highest BCUT2D eigenvalue weighted by molar-refractivity contribution is 5.65. The Balaban J connectivity index is 2.07. The topological polar surface area (TPSA) is 78.9 Å². The highest BCUT2D eigenvalue weighted by Gasteiger charge is 2.27. The Bertz CT molecular complexity index is 611. The molecule has 0 unspecified atom stereocenters. The number of nitrogens with zero attached hydrogens (tertiary/aromatic N) is 4. The third kappa shape index (κ3) is 4.15. The summed E-state index contributed by atoms with van der Waals surface area (Å²) in [5.74, 6) is 0.440. The van der Waals surface area contributed by atoms with Crippen LogP contribution in [0, 0.1) is 6.92 Å². The number of halogens is 3. The molecule has 9 heteroatoms. The van der Waals surface area contributed by atoms with Crippen molar-refractivity contribution in [3.05, 3.63) is 23.8 Å². The van der Waals surface area contributed by atoms with E-state index in [0.29, 0.717) is 11.5 Å². The van der Waals surface area contributed by atoms with Crippen molar-refractivity contribution in [2.24, 2.45) is 0 Å². The molecule has 0 fully saturated rings. The largest absolute Gasteiger partial charge is 0.411 e. The Morgan fingerprint density at radius 1 is 1.33 bits per heavy atom. The van der Waals surface area contributed by atoms with Gasteiger partial charge in [0.1, 0.15) is 6.61 Å². The number of aryl methyl sites for hydroxylation is 1. The van der Waals surface area contributed by atoms with E-state index in [0.717, 1.165) is 11.1 Å². The predicted molar refractivity (Wildman–Crippen MR) is 69.3 cm³/mol. The summed E-state index contributed by atoms with van der Waals surface area (Å²) in [6.45, 7) is 0.557. The number of alkyl halides is 3. The zero-order valence-corrected chi connectivity index (χ0v) is 11.3. The summed E-state index contributed by atoms with van der Waals surface area (Å²) in [4.78, 5) is 0. The van der Waals surface area contributed by atoms with Crippen molar-refractivity contribution < 1.29 is 17.9 Å². The molecule has 0 radical (unpaired) electrons. The van der Waals surface area contributed by atoms with Gasteiger partial charge in [-0.15, -0.1) is 5.10 Å². The molecule has 1 aromatic heterocycles. The van der Waals surface area contributed by atoms with Gasteiger partial charge in [0.25, 0.3) is 0 Å². The molecule has 2 rings (SSSR count). The lowest BCUT2D eigenvalue weighted by Gasteiger charge is -2.09. The second-order valence-electron chi connectivity index (χ2n) is 4.47. The minimum atomic E-state index is -4.34. The van der Waals surface area contributed by atoms with Crippen LogP contribution in [0.3, 0.4) is 0 Å². The van der Waals surface area contributed by atoms with Crippen LogP contribution >= 0.6 is 0 Å². The molecular weight excluding hydrogens is 287 g/mol. The van der Waals surface area contributed by atoms with E-state index in [1.807, 2.05) is 13.0 Å². The molecule has 0 aliphatic carbocycles. The molecule has 0 spiro atoms. The van der Waals surface area contributed by atoms with Crippen LogP contribution in [-0.4, -0.2) is 39.6 Å². The Hall–Kier alpha value is -2.16. The van der Waals surface area contributed by atoms with E-state index in [2.05, 4.69) is 20.3 Å². The number of nitrogen functional groups attached to an aromatic ring is 1. The van der Waals surface area contributed by atoms with E-state index in [-0.39, 0.29) is 13.2 Å². The molecule has 0 atom stereocenters. The van der Waals surface area contributed by atoms with Crippen LogP contribution in [0.4, 0.5) is 18.9 Å². The Morgan fingerprint density at radius 2 is 2.10 bits per heavy atom. The molecule has 2 N–H and O–H groups in total. The number of aromatic nitrogens is 4. The number of hydrogen-bond donors (Lipinski definition) is 1. The van der Waals surface area contributed by atoms with E-state index in [4.69, 9.17) is 5.73 Å². The van der Waals surface area contributed by atoms with Crippen molar-refractivity contribution in [1.82, 2.24) is 20.2 Å². The number of anilines is 1. The summed E-state index contributed by atoms with van der Waals surface area (Å²) in [7, 11) is 0. The molecular formula is C12H14F3N5O. The fraction of sp³-hybridized carbons (Fsp3) is 0.417. The lowest BCUT2D eigenvalue weighted by Crippen LogP contribution is -2.19. The van der Waals surface area contributed by atoms with E-state index in [9.17, 15) is 13.2 Å². The van der Waals surface area contributed by atoms with E-state index in [1.165, 1.54) is 4.68 Å². The maximum Gasteiger partial charge on any atom is 0.411 e. The first-order chi connectivity index (χ1) is 9.87. The summed E-state index contributed by atoms with van der Waals surface area (Å²) in [6.07, 6.45) is -4.34. The van der Waals surface area contributed by atoms with Gasteiger partial charge in [0.15, 0.2) is 5.82 Å². The third-order valence-electron chi connectivity index (χ3n) is 2.75. The Labute approximate surface area is 118 Å². The SMILES string of the molecule is Cc1ccc(N)cc1-c1nnnn1CCOCC(F)(F)F. The number of tetrazole rings is 1. The fourth-order valence-electron chi connectivity index (χ4n) is 1.77. The number of nitrogens with two attached hydrogens (primary N) is 1. The molecule has 114 valence electrons. The monoisotopic (exact) mass is 301 g/mol. The zero-order chi connectivity index (χ0) is 15.5. The first-order valence-electron chi connectivity index (χ1n) is 6.14. The molecule has 1 heterocycles. The third-order valence-corrected chi connectivity index (χ3v) is 2.75. The zero-order valence-electron chi connectivity index (χ0n) is 11.3. The molecule has 1 aromatic carbocycles. The number of hydrogen-bond acceptors (Lipinski definition) is 5. The van der Waals surface area contributed by atoms with Gasteiger partial charge in [0.2, 0.25) is 0 Å². The van der Waals surface area contributed by atoms with Crippen molar-refractivity contribution in [2.75, 3.05) is 18.9 Å². The van der Waals surface area contributed by atoms with Crippen molar-refractivity contribution in [2.45, 2.75) is 19.6 Å². The first kappa shape index (κ1) is 15.2. The summed E-state index contributed by atoms with van der Waals surface area (Å²) in [6, 6.07) is 5.29. The standard InChI is InChI=1S/C12H14F3N5O/c1-8-2-3-9(16)6-10(8)11-17-18-19-20(11)4-5-21-7-12(13,14)15/h2-3,6H,4-5,7,16H2,1H3. The molecule has 0 aliphatic rings. The average Bonchev–Trinajstić information content (AvgIpc) is 2.85. The van der Waals surface area contributed by atoms with Crippen LogP contribution in [-0.2, 0) is 11.3 Å². The van der Waals surface area contributed by atoms with Crippen LogP contribution in [0.2, 0.25) is 0 Å². The number of benzene rings is 1. The van der Waals surface area contributed by atoms with E-state index < -0.39 is 12.8 Å². The van der Waals surface area contributed by atoms with Gasteiger partial charge < -0.3 is 10.5 Å². The molecule has 0 saturated heterocycles. The molecule has 21 heavy (non-hydrogen) atoms. The maximum absolute atomic E-state index is 12.0. The van der Waals surface area contributed by atoms with Gasteiger partial charge in [-0.2, -0.15) is 13.2 Å². The van der Waals surface area contributed by atoms with Gasteiger partial charge in [-0.05, 0) is 35.0 Å². The Kier molecular flexibility index (Phi) is 4.41. The second-order valence-corrected chi connectivity index (χ2v) is 4.47. The highest BCUT2D eigenvalue weighted by Crippen LogP contribution is 2.23. The van der Waals surface area contributed by atoms with Crippen LogP contribution in [0.25, 0.3) is 11.4 Å². The lowest BCUT2D eigenvalue weighted by molar-refractivity contribution is -0.174. The first-order valence-corrected chi connectivity index (χ1v) is 6.14. The Morgan fingerprint density at radius 3 is 2.81 bits per heavy atom. The molecule has 0 amide bonds.